The van der Waals surface area contributed by atoms with Crippen molar-refractivity contribution >= 4 is 22.9 Å². The molecule has 1 N–H and O–H groups in total. The molecule has 0 aliphatic heterocycles. The minimum atomic E-state index is -1.21. The lowest BCUT2D eigenvalue weighted by Crippen LogP contribution is -2.45. The molecule has 2 atom stereocenters. The second-order valence-electron chi connectivity index (χ2n) is 2.68. The smallest absolute Gasteiger partial charge is 0.407 e. The molecule has 1 amide bonds. The molecule has 0 spiro atoms. The lowest BCUT2D eigenvalue weighted by molar-refractivity contribution is -0.144. The number of hydrogen-bond acceptors (Lipinski definition) is 5. The SMILES string of the molecule is CCOC(=O)[C@H](C[S@@](C)=O)NC(=O)OC. The molecule has 0 unspecified atom stereocenters. The van der Waals surface area contributed by atoms with Crippen LogP contribution in [0.1, 0.15) is 6.92 Å². The summed E-state index contributed by atoms with van der Waals surface area (Å²) < 4.78 is 20.0. The van der Waals surface area contributed by atoms with Crippen molar-refractivity contribution in [3.8, 4) is 0 Å². The van der Waals surface area contributed by atoms with Crippen molar-refractivity contribution in [1.29, 1.82) is 0 Å². The summed E-state index contributed by atoms with van der Waals surface area (Å²) in [7, 11) is -0.0283. The number of carbonyl (C=O) groups is 2. The third kappa shape index (κ3) is 6.05. The Labute approximate surface area is 90.8 Å². The molecule has 88 valence electrons. The fourth-order valence-corrected chi connectivity index (χ4v) is 1.54. The van der Waals surface area contributed by atoms with Crippen LogP contribution in [0, 0.1) is 0 Å². The van der Waals surface area contributed by atoms with E-state index in [1.165, 1.54) is 13.4 Å². The highest BCUT2D eigenvalue weighted by Gasteiger charge is 2.23. The number of nitrogens with one attached hydrogen (secondary N) is 1. The fraction of sp³-hybridized carbons (Fsp3) is 0.750. The van der Waals surface area contributed by atoms with Gasteiger partial charge in [-0.1, -0.05) is 0 Å². The van der Waals surface area contributed by atoms with Gasteiger partial charge in [-0.3, -0.25) is 4.21 Å². The Hall–Kier alpha value is -1.11. The Morgan fingerprint density at radius 3 is 2.47 bits per heavy atom. The van der Waals surface area contributed by atoms with Crippen LogP contribution in [0.25, 0.3) is 0 Å². The highest BCUT2D eigenvalue weighted by atomic mass is 32.2. The van der Waals surface area contributed by atoms with Crippen molar-refractivity contribution < 1.29 is 23.3 Å². The van der Waals surface area contributed by atoms with Crippen LogP contribution in [0.15, 0.2) is 0 Å². The van der Waals surface area contributed by atoms with Crippen molar-refractivity contribution in [2.45, 2.75) is 13.0 Å². The van der Waals surface area contributed by atoms with Crippen LogP contribution in [0.5, 0.6) is 0 Å². The van der Waals surface area contributed by atoms with Crippen LogP contribution in [0.2, 0.25) is 0 Å². The number of amides is 1. The van der Waals surface area contributed by atoms with Gasteiger partial charge in [0.15, 0.2) is 0 Å². The zero-order chi connectivity index (χ0) is 11.8. The largest absolute Gasteiger partial charge is 0.464 e. The standard InChI is InChI=1S/C8H15NO5S/c1-4-14-7(10)6(5-15(3)12)9-8(11)13-2/h6H,4-5H2,1-3H3,(H,9,11)/t6-,15+/m0/s1. The minimum Gasteiger partial charge on any atom is -0.464 e. The highest BCUT2D eigenvalue weighted by molar-refractivity contribution is 7.84. The molecule has 0 aliphatic rings. The Balaban J connectivity index is 4.36. The van der Waals surface area contributed by atoms with Gasteiger partial charge in [0.2, 0.25) is 0 Å². The second kappa shape index (κ2) is 7.22. The van der Waals surface area contributed by atoms with Crippen molar-refractivity contribution in [1.82, 2.24) is 5.32 Å². The third-order valence-electron chi connectivity index (χ3n) is 1.45. The van der Waals surface area contributed by atoms with Gasteiger partial charge in [-0.15, -0.1) is 0 Å². The van der Waals surface area contributed by atoms with Crippen LogP contribution < -0.4 is 5.32 Å². The summed E-state index contributed by atoms with van der Waals surface area (Å²) in [5.41, 5.74) is 0. The number of rotatable bonds is 5. The lowest BCUT2D eigenvalue weighted by atomic mass is 10.3. The first kappa shape index (κ1) is 13.9. The molecular formula is C8H15NO5S. The van der Waals surface area contributed by atoms with E-state index in [0.29, 0.717) is 0 Å². The number of alkyl carbamates (subject to hydrolysis) is 1. The molecule has 0 radical (unpaired) electrons. The van der Waals surface area contributed by atoms with Crippen LogP contribution in [-0.2, 0) is 25.1 Å². The van der Waals surface area contributed by atoms with Gasteiger partial charge >= 0.3 is 12.1 Å². The number of hydrogen-bond donors (Lipinski definition) is 1. The maximum absolute atomic E-state index is 11.3. The Kier molecular flexibility index (Phi) is 6.68. The summed E-state index contributed by atoms with van der Waals surface area (Å²) in [6.45, 7) is 1.85. The van der Waals surface area contributed by atoms with E-state index >= 15 is 0 Å². The lowest BCUT2D eigenvalue weighted by Gasteiger charge is -2.14. The predicted octanol–water partition coefficient (Wildman–Crippen LogP) is -0.347. The summed E-state index contributed by atoms with van der Waals surface area (Å²) in [5.74, 6) is -0.605. The zero-order valence-corrected chi connectivity index (χ0v) is 9.76. The second-order valence-corrected chi connectivity index (χ2v) is 4.16. The van der Waals surface area contributed by atoms with E-state index in [-0.39, 0.29) is 12.4 Å². The van der Waals surface area contributed by atoms with Gasteiger partial charge in [0, 0.05) is 17.1 Å². The van der Waals surface area contributed by atoms with E-state index < -0.39 is 28.9 Å². The molecule has 0 aromatic heterocycles. The monoisotopic (exact) mass is 237 g/mol. The maximum atomic E-state index is 11.3. The number of methoxy groups -OCH3 is 1. The molecule has 0 saturated heterocycles. The zero-order valence-electron chi connectivity index (χ0n) is 8.94. The molecule has 7 heteroatoms. The molecule has 0 bridgehead atoms. The molecule has 0 aromatic rings. The van der Waals surface area contributed by atoms with Gasteiger partial charge in [0.05, 0.1) is 19.5 Å². The molecule has 6 nitrogen and oxygen atoms in total. The molecule has 0 fully saturated rings. The predicted molar refractivity (Wildman–Crippen MR) is 54.9 cm³/mol. The average molecular weight is 237 g/mol. The van der Waals surface area contributed by atoms with E-state index in [1.807, 2.05) is 0 Å². The van der Waals surface area contributed by atoms with E-state index in [1.54, 1.807) is 6.92 Å². The first-order valence-corrected chi connectivity index (χ1v) is 6.05. The Morgan fingerprint density at radius 2 is 2.07 bits per heavy atom. The van der Waals surface area contributed by atoms with Crippen molar-refractivity contribution in [3.63, 3.8) is 0 Å². The van der Waals surface area contributed by atoms with Crippen LogP contribution in [-0.4, -0.2) is 48.0 Å². The van der Waals surface area contributed by atoms with Crippen LogP contribution in [0.4, 0.5) is 4.79 Å². The minimum absolute atomic E-state index is 0.00787. The number of carbonyl (C=O) groups excluding carboxylic acids is 2. The summed E-state index contributed by atoms with van der Waals surface area (Å²) in [6, 6.07) is -0.928. The molecule has 0 rings (SSSR count). The van der Waals surface area contributed by atoms with Gasteiger partial charge in [0.1, 0.15) is 6.04 Å². The van der Waals surface area contributed by atoms with Crippen molar-refractivity contribution in [2.24, 2.45) is 0 Å². The summed E-state index contributed by atoms with van der Waals surface area (Å²) in [4.78, 5) is 22.2. The first-order valence-electron chi connectivity index (χ1n) is 4.32. The number of ether oxygens (including phenoxy) is 2. The van der Waals surface area contributed by atoms with E-state index in [4.69, 9.17) is 4.74 Å². The summed E-state index contributed by atoms with van der Waals surface area (Å²) in [5, 5.41) is 2.25. The number of esters is 1. The van der Waals surface area contributed by atoms with Crippen molar-refractivity contribution in [3.05, 3.63) is 0 Å². The Bertz CT molecular complexity index is 255. The van der Waals surface area contributed by atoms with E-state index in [0.717, 1.165) is 0 Å². The average Bonchev–Trinajstić information content (AvgIpc) is 2.16. The molecular weight excluding hydrogens is 222 g/mol. The van der Waals surface area contributed by atoms with Gasteiger partial charge in [-0.2, -0.15) is 0 Å². The quantitative estimate of drug-likeness (QED) is 0.661. The van der Waals surface area contributed by atoms with Gasteiger partial charge in [0.25, 0.3) is 0 Å². The molecule has 0 aliphatic carbocycles. The van der Waals surface area contributed by atoms with E-state index in [9.17, 15) is 13.8 Å². The third-order valence-corrected chi connectivity index (χ3v) is 2.25. The summed E-state index contributed by atoms with van der Waals surface area (Å²) in [6.07, 6.45) is 0.684. The molecule has 0 saturated carbocycles. The Morgan fingerprint density at radius 1 is 1.47 bits per heavy atom. The van der Waals surface area contributed by atoms with Crippen LogP contribution in [0.3, 0.4) is 0 Å². The van der Waals surface area contributed by atoms with Gasteiger partial charge < -0.3 is 14.8 Å². The van der Waals surface area contributed by atoms with Gasteiger partial charge in [-0.25, -0.2) is 9.59 Å². The highest BCUT2D eigenvalue weighted by Crippen LogP contribution is 1.93. The normalized spacial score (nSPS) is 13.8. The summed E-state index contributed by atoms with van der Waals surface area (Å²) >= 11 is 0. The van der Waals surface area contributed by atoms with E-state index in [2.05, 4.69) is 10.1 Å². The van der Waals surface area contributed by atoms with Crippen LogP contribution >= 0.6 is 0 Å². The molecule has 0 heterocycles. The molecule has 0 aromatic carbocycles. The topological polar surface area (TPSA) is 81.7 Å². The maximum Gasteiger partial charge on any atom is 0.407 e. The molecule has 15 heavy (non-hydrogen) atoms. The first-order chi connectivity index (χ1) is 7.01. The fourth-order valence-electron chi connectivity index (χ4n) is 0.847. The van der Waals surface area contributed by atoms with Gasteiger partial charge in [-0.05, 0) is 6.92 Å². The van der Waals surface area contributed by atoms with Crippen molar-refractivity contribution in [2.75, 3.05) is 25.7 Å².